The molecule has 1 aromatic rings. The normalized spacial score (nSPS) is 10.3. The maximum Gasteiger partial charge on any atom is 0.0615 e. The van der Waals surface area contributed by atoms with Crippen molar-refractivity contribution in [1.82, 2.24) is 9.78 Å². The number of terminal acetylenes is 1. The topological polar surface area (TPSA) is 17.8 Å². The predicted molar refractivity (Wildman–Crippen MR) is 45.8 cm³/mol. The molecule has 0 aliphatic heterocycles. The summed E-state index contributed by atoms with van der Waals surface area (Å²) < 4.78 is 1.79. The lowest BCUT2D eigenvalue weighted by atomic mass is 10.3. The van der Waals surface area contributed by atoms with Crippen molar-refractivity contribution < 1.29 is 0 Å². The van der Waals surface area contributed by atoms with Gasteiger partial charge < -0.3 is 0 Å². The molecule has 0 amide bonds. The lowest BCUT2D eigenvalue weighted by Gasteiger charge is -1.90. The third kappa shape index (κ3) is 1.71. The van der Waals surface area contributed by atoms with Crippen molar-refractivity contribution in [3.8, 4) is 12.3 Å². The van der Waals surface area contributed by atoms with E-state index in [4.69, 9.17) is 6.42 Å². The molecule has 0 N–H and O–H groups in total. The molecular weight excluding hydrogens is 136 g/mol. The summed E-state index contributed by atoms with van der Waals surface area (Å²) in [5.74, 6) is 2.43. The van der Waals surface area contributed by atoms with Crippen molar-refractivity contribution >= 4 is 6.08 Å². The summed E-state index contributed by atoms with van der Waals surface area (Å²) in [5.41, 5.74) is 2.03. The molecule has 0 aliphatic carbocycles. The van der Waals surface area contributed by atoms with Gasteiger partial charge in [-0.3, -0.25) is 4.68 Å². The Labute approximate surface area is 66.5 Å². The van der Waals surface area contributed by atoms with E-state index in [1.165, 1.54) is 0 Å². The highest BCUT2D eigenvalue weighted by atomic mass is 15.3. The third-order valence-corrected chi connectivity index (χ3v) is 1.39. The van der Waals surface area contributed by atoms with Gasteiger partial charge in [0.25, 0.3) is 0 Å². The molecule has 2 nitrogen and oxygen atoms in total. The van der Waals surface area contributed by atoms with Crippen molar-refractivity contribution in [2.45, 2.75) is 6.92 Å². The standard InChI is InChI=1S/C9H10N2/c1-4-5-6-9-7-8(2)10-11(9)3/h1,5-7H,2-3H3/b6-5-. The molecule has 0 bridgehead atoms. The number of aromatic nitrogens is 2. The highest BCUT2D eigenvalue weighted by Crippen LogP contribution is 2.02. The number of aryl methyl sites for hydroxylation is 2. The molecule has 56 valence electrons. The molecule has 0 saturated carbocycles. The summed E-state index contributed by atoms with van der Waals surface area (Å²) in [7, 11) is 1.89. The Hall–Kier alpha value is -1.49. The molecule has 2 heteroatoms. The first kappa shape index (κ1) is 7.62. The molecule has 0 atom stereocenters. The van der Waals surface area contributed by atoms with Crippen LogP contribution in [0.1, 0.15) is 11.4 Å². The fourth-order valence-corrected chi connectivity index (χ4v) is 0.920. The smallest absolute Gasteiger partial charge is 0.0615 e. The average Bonchev–Trinajstić information content (AvgIpc) is 2.26. The molecule has 0 unspecified atom stereocenters. The van der Waals surface area contributed by atoms with Gasteiger partial charge in [0.1, 0.15) is 0 Å². The summed E-state index contributed by atoms with van der Waals surface area (Å²) in [4.78, 5) is 0. The van der Waals surface area contributed by atoms with E-state index in [0.717, 1.165) is 11.4 Å². The molecule has 0 aliphatic rings. The van der Waals surface area contributed by atoms with E-state index in [-0.39, 0.29) is 0 Å². The number of rotatable bonds is 1. The van der Waals surface area contributed by atoms with E-state index < -0.39 is 0 Å². The van der Waals surface area contributed by atoms with E-state index in [0.29, 0.717) is 0 Å². The molecule has 1 aromatic heterocycles. The molecule has 1 heterocycles. The van der Waals surface area contributed by atoms with E-state index in [9.17, 15) is 0 Å². The molecule has 0 spiro atoms. The number of hydrogen-bond acceptors (Lipinski definition) is 1. The second-order valence-corrected chi connectivity index (χ2v) is 2.33. The summed E-state index contributed by atoms with van der Waals surface area (Å²) >= 11 is 0. The third-order valence-electron chi connectivity index (χ3n) is 1.39. The fourth-order valence-electron chi connectivity index (χ4n) is 0.920. The monoisotopic (exact) mass is 146 g/mol. The maximum absolute atomic E-state index is 5.07. The second kappa shape index (κ2) is 3.07. The van der Waals surface area contributed by atoms with Gasteiger partial charge in [-0.2, -0.15) is 5.10 Å². The first-order valence-electron chi connectivity index (χ1n) is 3.37. The number of hydrogen-bond donors (Lipinski definition) is 0. The zero-order valence-corrected chi connectivity index (χ0v) is 6.70. The van der Waals surface area contributed by atoms with Gasteiger partial charge >= 0.3 is 0 Å². The lowest BCUT2D eigenvalue weighted by Crippen LogP contribution is -1.92. The van der Waals surface area contributed by atoms with Crippen molar-refractivity contribution in [2.24, 2.45) is 7.05 Å². The van der Waals surface area contributed by atoms with Crippen LogP contribution >= 0.6 is 0 Å². The number of nitrogens with zero attached hydrogens (tertiary/aromatic N) is 2. The molecule has 0 saturated heterocycles. The average molecular weight is 146 g/mol. The Bertz CT molecular complexity index is 313. The van der Waals surface area contributed by atoms with Gasteiger partial charge in [0.15, 0.2) is 0 Å². The fraction of sp³-hybridized carbons (Fsp3) is 0.222. The SMILES string of the molecule is C#C/C=C\c1cc(C)nn1C. The Morgan fingerprint density at radius 3 is 2.91 bits per heavy atom. The largest absolute Gasteiger partial charge is 0.268 e. The van der Waals surface area contributed by atoms with Crippen LogP contribution < -0.4 is 0 Å². The Morgan fingerprint density at radius 2 is 2.45 bits per heavy atom. The minimum absolute atomic E-state index is 1.00. The predicted octanol–water partition coefficient (Wildman–Crippen LogP) is 1.37. The van der Waals surface area contributed by atoms with E-state index >= 15 is 0 Å². The second-order valence-electron chi connectivity index (χ2n) is 2.33. The van der Waals surface area contributed by atoms with Crippen LogP contribution in [0.25, 0.3) is 6.08 Å². The van der Waals surface area contributed by atoms with Crippen LogP contribution in [0.4, 0.5) is 0 Å². The van der Waals surface area contributed by atoms with Gasteiger partial charge in [0.05, 0.1) is 11.4 Å². The zero-order chi connectivity index (χ0) is 8.27. The molecule has 0 radical (unpaired) electrons. The minimum Gasteiger partial charge on any atom is -0.268 e. The first-order chi connectivity index (χ1) is 5.24. The van der Waals surface area contributed by atoms with Gasteiger partial charge in [-0.25, -0.2) is 0 Å². The van der Waals surface area contributed by atoms with Gasteiger partial charge in [-0.05, 0) is 25.1 Å². The molecule has 1 rings (SSSR count). The van der Waals surface area contributed by atoms with Crippen LogP contribution in [0.15, 0.2) is 12.1 Å². The molecule has 11 heavy (non-hydrogen) atoms. The van der Waals surface area contributed by atoms with Crippen LogP contribution in [-0.2, 0) is 7.05 Å². The summed E-state index contributed by atoms with van der Waals surface area (Å²) in [6.45, 7) is 1.95. The lowest BCUT2D eigenvalue weighted by molar-refractivity contribution is 0.749. The Morgan fingerprint density at radius 1 is 1.73 bits per heavy atom. The van der Waals surface area contributed by atoms with E-state index in [1.54, 1.807) is 10.8 Å². The maximum atomic E-state index is 5.07. The quantitative estimate of drug-likeness (QED) is 0.547. The Balaban J connectivity index is 2.96. The molecule has 0 aromatic carbocycles. The highest BCUT2D eigenvalue weighted by Gasteiger charge is 1.95. The van der Waals surface area contributed by atoms with Crippen LogP contribution in [0.3, 0.4) is 0 Å². The summed E-state index contributed by atoms with van der Waals surface area (Å²) in [5, 5.41) is 4.16. The van der Waals surface area contributed by atoms with Crippen LogP contribution in [-0.4, -0.2) is 9.78 Å². The van der Waals surface area contributed by atoms with Crippen LogP contribution in [0.5, 0.6) is 0 Å². The van der Waals surface area contributed by atoms with Crippen molar-refractivity contribution in [2.75, 3.05) is 0 Å². The molecule has 0 fully saturated rings. The zero-order valence-electron chi connectivity index (χ0n) is 6.70. The van der Waals surface area contributed by atoms with Gasteiger partial charge in [0, 0.05) is 7.05 Å². The van der Waals surface area contributed by atoms with Crippen molar-refractivity contribution in [1.29, 1.82) is 0 Å². The van der Waals surface area contributed by atoms with Gasteiger partial charge in [-0.15, -0.1) is 6.42 Å². The van der Waals surface area contributed by atoms with Crippen molar-refractivity contribution in [3.05, 3.63) is 23.5 Å². The number of allylic oxidation sites excluding steroid dienone is 1. The van der Waals surface area contributed by atoms with E-state index in [1.807, 2.05) is 26.1 Å². The van der Waals surface area contributed by atoms with Gasteiger partial charge in [0.2, 0.25) is 0 Å². The molecular formula is C9H10N2. The Kier molecular flexibility index (Phi) is 2.12. The van der Waals surface area contributed by atoms with E-state index in [2.05, 4.69) is 11.0 Å². The summed E-state index contributed by atoms with van der Waals surface area (Å²) in [6.07, 6.45) is 8.59. The minimum atomic E-state index is 1.00. The van der Waals surface area contributed by atoms with Crippen LogP contribution in [0.2, 0.25) is 0 Å². The summed E-state index contributed by atoms with van der Waals surface area (Å²) in [6, 6.07) is 1.98. The van der Waals surface area contributed by atoms with Gasteiger partial charge in [-0.1, -0.05) is 5.92 Å². The highest BCUT2D eigenvalue weighted by molar-refractivity contribution is 5.49. The van der Waals surface area contributed by atoms with Crippen molar-refractivity contribution in [3.63, 3.8) is 0 Å². The van der Waals surface area contributed by atoms with Crippen LogP contribution in [0, 0.1) is 19.3 Å². The first-order valence-corrected chi connectivity index (χ1v) is 3.37.